The molecule has 0 spiro atoms. The minimum atomic E-state index is -4.11. The van der Waals surface area contributed by atoms with E-state index in [1.165, 1.54) is 29.3 Å². The molecule has 0 amide bonds. The van der Waals surface area contributed by atoms with Crippen molar-refractivity contribution in [2.45, 2.75) is 10.5 Å². The number of aliphatic hydroxyl groups is 1. The molecule has 0 aliphatic carbocycles. The van der Waals surface area contributed by atoms with Crippen LogP contribution in [0.3, 0.4) is 0 Å². The summed E-state index contributed by atoms with van der Waals surface area (Å²) in [4.78, 5) is -0.0655. The number of nitrogens with two attached hydrogens (primary N) is 1. The van der Waals surface area contributed by atoms with Crippen LogP contribution in [-0.2, 0) is 15.6 Å². The summed E-state index contributed by atoms with van der Waals surface area (Å²) in [5.41, 5.74) is 5.95. The van der Waals surface area contributed by atoms with Gasteiger partial charge in [-0.1, -0.05) is 65.7 Å². The third kappa shape index (κ3) is 4.35. The third-order valence-corrected chi connectivity index (χ3v) is 6.75. The van der Waals surface area contributed by atoms with Crippen LogP contribution in [0, 0.1) is 0 Å². The SMILES string of the molecule is NC(=NS(=O)(=O)c1ccc(Cl)cc1)N1CC(O)(c2ccccc2)C(c2ccc(Cl)cc2)=N1. The maximum Gasteiger partial charge on any atom is 0.285 e. The van der Waals surface area contributed by atoms with Gasteiger partial charge in [0.1, 0.15) is 5.71 Å². The summed E-state index contributed by atoms with van der Waals surface area (Å²) in [7, 11) is -4.11. The van der Waals surface area contributed by atoms with Gasteiger partial charge in [-0.15, -0.1) is 4.40 Å². The molecule has 3 aromatic carbocycles. The normalized spacial score (nSPS) is 19.2. The van der Waals surface area contributed by atoms with Crippen molar-refractivity contribution in [1.82, 2.24) is 5.01 Å². The lowest BCUT2D eigenvalue weighted by molar-refractivity contribution is 0.104. The van der Waals surface area contributed by atoms with E-state index in [1.807, 2.05) is 6.07 Å². The molecular weight excluding hydrogens is 471 g/mol. The number of hydrogen-bond acceptors (Lipinski definition) is 4. The van der Waals surface area contributed by atoms with Crippen LogP contribution >= 0.6 is 23.2 Å². The molecule has 3 aromatic rings. The molecule has 0 saturated heterocycles. The van der Waals surface area contributed by atoms with Crippen LogP contribution in [0.2, 0.25) is 10.0 Å². The first kappa shape index (κ1) is 22.3. The van der Waals surface area contributed by atoms with Crippen LogP contribution in [-0.4, -0.2) is 36.7 Å². The molecule has 1 heterocycles. The molecule has 1 aliphatic rings. The second-order valence-electron chi connectivity index (χ2n) is 7.12. The molecule has 10 heteroatoms. The third-order valence-electron chi connectivity index (χ3n) is 4.95. The molecule has 0 fully saturated rings. The van der Waals surface area contributed by atoms with E-state index < -0.39 is 15.6 Å². The molecular formula is C22H18Cl2N4O3S. The Morgan fingerprint density at radius 3 is 2.12 bits per heavy atom. The van der Waals surface area contributed by atoms with Crippen LogP contribution in [0.5, 0.6) is 0 Å². The van der Waals surface area contributed by atoms with E-state index in [9.17, 15) is 13.5 Å². The minimum Gasteiger partial charge on any atom is -0.377 e. The largest absolute Gasteiger partial charge is 0.377 e. The maximum atomic E-state index is 12.7. The van der Waals surface area contributed by atoms with Gasteiger partial charge in [-0.25, -0.2) is 5.01 Å². The lowest BCUT2D eigenvalue weighted by Crippen LogP contribution is -2.42. The molecule has 7 nitrogen and oxygen atoms in total. The fourth-order valence-electron chi connectivity index (χ4n) is 3.34. The first-order chi connectivity index (χ1) is 15.2. The molecule has 1 aliphatic heterocycles. The Hall–Kier alpha value is -2.91. The molecule has 0 radical (unpaired) electrons. The number of hydrazone groups is 1. The highest BCUT2D eigenvalue weighted by Crippen LogP contribution is 2.33. The van der Waals surface area contributed by atoms with Crippen LogP contribution in [0.1, 0.15) is 11.1 Å². The predicted molar refractivity (Wildman–Crippen MR) is 125 cm³/mol. The van der Waals surface area contributed by atoms with Gasteiger partial charge < -0.3 is 10.8 Å². The van der Waals surface area contributed by atoms with Crippen LogP contribution < -0.4 is 5.73 Å². The number of nitrogens with zero attached hydrogens (tertiary/aromatic N) is 3. The Morgan fingerprint density at radius 1 is 0.969 bits per heavy atom. The van der Waals surface area contributed by atoms with Crippen molar-refractivity contribution in [3.63, 3.8) is 0 Å². The molecule has 164 valence electrons. The molecule has 4 rings (SSSR count). The first-order valence-corrected chi connectivity index (χ1v) is 11.7. The molecule has 0 saturated carbocycles. The lowest BCUT2D eigenvalue weighted by Gasteiger charge is -2.25. The van der Waals surface area contributed by atoms with Crippen molar-refractivity contribution in [2.24, 2.45) is 15.2 Å². The average Bonchev–Trinajstić information content (AvgIpc) is 3.14. The summed E-state index contributed by atoms with van der Waals surface area (Å²) in [6, 6.07) is 21.3. The van der Waals surface area contributed by atoms with E-state index in [4.69, 9.17) is 28.9 Å². The van der Waals surface area contributed by atoms with Gasteiger partial charge in [0, 0.05) is 15.6 Å². The molecule has 1 atom stereocenters. The van der Waals surface area contributed by atoms with Crippen molar-refractivity contribution < 1.29 is 13.5 Å². The zero-order chi connectivity index (χ0) is 22.9. The second-order valence-corrected chi connectivity index (χ2v) is 9.59. The molecule has 32 heavy (non-hydrogen) atoms. The first-order valence-electron chi connectivity index (χ1n) is 9.45. The lowest BCUT2D eigenvalue weighted by atomic mass is 9.86. The fraction of sp³-hybridized carbons (Fsp3) is 0.0909. The number of hydrogen-bond donors (Lipinski definition) is 2. The highest BCUT2D eigenvalue weighted by Gasteiger charge is 2.44. The molecule has 0 bridgehead atoms. The van der Waals surface area contributed by atoms with Crippen molar-refractivity contribution in [3.8, 4) is 0 Å². The summed E-state index contributed by atoms with van der Waals surface area (Å²) < 4.78 is 29.0. The van der Waals surface area contributed by atoms with Crippen LogP contribution in [0.25, 0.3) is 0 Å². The van der Waals surface area contributed by atoms with Gasteiger partial charge in [0.15, 0.2) is 5.60 Å². The predicted octanol–water partition coefficient (Wildman–Crippen LogP) is 3.60. The number of benzene rings is 3. The van der Waals surface area contributed by atoms with Crippen LogP contribution in [0.4, 0.5) is 0 Å². The fourth-order valence-corrected chi connectivity index (χ4v) is 4.52. The minimum absolute atomic E-state index is 0.0655. The van der Waals surface area contributed by atoms with Crippen molar-refractivity contribution in [1.29, 1.82) is 0 Å². The quantitative estimate of drug-likeness (QED) is 0.430. The van der Waals surface area contributed by atoms with Gasteiger partial charge in [-0.05, 0) is 42.0 Å². The number of sulfonamides is 1. The summed E-state index contributed by atoms with van der Waals surface area (Å²) in [6.07, 6.45) is 0. The average molecular weight is 489 g/mol. The van der Waals surface area contributed by atoms with E-state index in [0.29, 0.717) is 26.9 Å². The zero-order valence-electron chi connectivity index (χ0n) is 16.6. The summed E-state index contributed by atoms with van der Waals surface area (Å²) >= 11 is 11.8. The Balaban J connectivity index is 1.75. The number of halogens is 2. The summed E-state index contributed by atoms with van der Waals surface area (Å²) in [6.45, 7) is -0.125. The van der Waals surface area contributed by atoms with Crippen molar-refractivity contribution in [3.05, 3.63) is 100 Å². The highest BCUT2D eigenvalue weighted by atomic mass is 35.5. The van der Waals surface area contributed by atoms with Gasteiger partial charge in [0.2, 0.25) is 5.96 Å². The van der Waals surface area contributed by atoms with Gasteiger partial charge in [0.25, 0.3) is 10.0 Å². The van der Waals surface area contributed by atoms with Gasteiger partial charge in [0.05, 0.1) is 11.4 Å². The smallest absolute Gasteiger partial charge is 0.285 e. The van der Waals surface area contributed by atoms with Gasteiger partial charge >= 0.3 is 0 Å². The van der Waals surface area contributed by atoms with E-state index in [-0.39, 0.29) is 17.4 Å². The zero-order valence-corrected chi connectivity index (χ0v) is 18.9. The number of rotatable bonds is 4. The van der Waals surface area contributed by atoms with Crippen molar-refractivity contribution in [2.75, 3.05) is 6.54 Å². The van der Waals surface area contributed by atoms with E-state index in [1.54, 1.807) is 48.5 Å². The van der Waals surface area contributed by atoms with E-state index >= 15 is 0 Å². The highest BCUT2D eigenvalue weighted by molar-refractivity contribution is 7.90. The Labute approximate surface area is 195 Å². The summed E-state index contributed by atoms with van der Waals surface area (Å²) in [5.74, 6) is -0.377. The van der Waals surface area contributed by atoms with E-state index in [0.717, 1.165) is 0 Å². The molecule has 3 N–H and O–H groups in total. The van der Waals surface area contributed by atoms with Gasteiger partial charge in [-0.2, -0.15) is 13.5 Å². The topological polar surface area (TPSA) is 108 Å². The van der Waals surface area contributed by atoms with Crippen molar-refractivity contribution >= 4 is 44.9 Å². The van der Waals surface area contributed by atoms with Gasteiger partial charge in [-0.3, -0.25) is 0 Å². The second kappa shape index (κ2) is 8.55. The van der Waals surface area contributed by atoms with E-state index in [2.05, 4.69) is 9.50 Å². The standard InChI is InChI=1S/C22H18Cl2N4O3S/c23-17-8-6-15(7-9-17)20-22(29,16-4-2-1-3-5-16)14-28(26-20)21(25)27-32(30,31)19-12-10-18(24)11-13-19/h1-13,29H,14H2,(H2,25,27). The summed E-state index contributed by atoms with van der Waals surface area (Å²) in [5, 5.41) is 18.2. The molecule has 0 aromatic heterocycles. The molecule has 1 unspecified atom stereocenters. The maximum absolute atomic E-state index is 12.7. The monoisotopic (exact) mass is 488 g/mol. The Bertz CT molecular complexity index is 1300. The van der Waals surface area contributed by atoms with Crippen LogP contribution in [0.15, 0.2) is 93.3 Å². The Kier molecular flexibility index (Phi) is 5.96. The number of guanidine groups is 1. The number of β-amino-alcohol motifs (C(OH)–C–C–N with tert-alkyl or cyclic N) is 1. The Morgan fingerprint density at radius 2 is 1.53 bits per heavy atom.